The van der Waals surface area contributed by atoms with Crippen LogP contribution in [0, 0.1) is 11.5 Å². The van der Waals surface area contributed by atoms with Gasteiger partial charge in [-0.3, -0.25) is 15.0 Å². The monoisotopic (exact) mass is 237 g/mol. The molecule has 0 spiro atoms. The van der Waals surface area contributed by atoms with E-state index in [0.717, 1.165) is 17.7 Å². The second-order valence-corrected chi connectivity index (χ2v) is 3.99. The molecule has 1 aromatic heterocycles. The van der Waals surface area contributed by atoms with Crippen LogP contribution in [0.3, 0.4) is 0 Å². The van der Waals surface area contributed by atoms with Crippen molar-refractivity contribution in [2.75, 3.05) is 6.26 Å². The molecule has 1 aromatic rings. The first-order valence-corrected chi connectivity index (χ1v) is 6.18. The van der Waals surface area contributed by atoms with Crippen molar-refractivity contribution in [1.82, 2.24) is 15.1 Å². The minimum atomic E-state index is 0.557. The van der Waals surface area contributed by atoms with Crippen molar-refractivity contribution in [2.45, 2.75) is 19.9 Å². The fraction of sp³-hybridized carbons (Fsp3) is 0.500. The third kappa shape index (κ3) is 3.28. The number of hydrogen-bond donors (Lipinski definition) is 1. The zero-order chi connectivity index (χ0) is 12.0. The molecular weight excluding hydrogens is 222 g/mol. The highest BCUT2D eigenvalue weighted by Crippen LogP contribution is 2.09. The number of aromatic nitrogens is 2. The van der Waals surface area contributed by atoms with Gasteiger partial charge >= 0.3 is 0 Å². The first-order valence-electron chi connectivity index (χ1n) is 4.96. The average Bonchev–Trinajstić information content (AvgIpc) is 2.65. The van der Waals surface area contributed by atoms with Gasteiger partial charge in [0.05, 0.1) is 12.2 Å². The molecule has 1 N–H and O–H groups in total. The van der Waals surface area contributed by atoms with E-state index in [1.807, 2.05) is 25.7 Å². The molecule has 1 heterocycles. The highest BCUT2D eigenvalue weighted by Gasteiger charge is 2.05. The van der Waals surface area contributed by atoms with Crippen LogP contribution in [0.4, 0.5) is 0 Å². The summed E-state index contributed by atoms with van der Waals surface area (Å²) in [5, 5.41) is 16.0. The van der Waals surface area contributed by atoms with Gasteiger partial charge in [-0.1, -0.05) is 18.7 Å². The molecule has 16 heavy (non-hydrogen) atoms. The molecule has 0 aromatic carbocycles. The van der Waals surface area contributed by atoms with Gasteiger partial charge < -0.3 is 0 Å². The lowest BCUT2D eigenvalue weighted by Gasteiger charge is -1.99. The number of nitrogens with one attached hydrogen (secondary N) is 1. The summed E-state index contributed by atoms with van der Waals surface area (Å²) in [5.41, 5.74) is 2.17. The van der Waals surface area contributed by atoms with Crippen LogP contribution in [0.1, 0.15) is 18.2 Å². The van der Waals surface area contributed by atoms with E-state index in [2.05, 4.69) is 22.3 Å². The quantitative estimate of drug-likeness (QED) is 0.372. The van der Waals surface area contributed by atoms with Gasteiger partial charge in [-0.2, -0.15) is 10.4 Å². The van der Waals surface area contributed by atoms with Gasteiger partial charge in [-0.05, 0) is 12.7 Å². The van der Waals surface area contributed by atoms with E-state index < -0.39 is 0 Å². The first-order chi connectivity index (χ1) is 7.71. The van der Waals surface area contributed by atoms with E-state index in [-0.39, 0.29) is 0 Å². The van der Waals surface area contributed by atoms with Crippen molar-refractivity contribution in [3.63, 3.8) is 0 Å². The molecule has 0 bridgehead atoms. The molecule has 0 saturated heterocycles. The van der Waals surface area contributed by atoms with Gasteiger partial charge in [-0.25, -0.2) is 0 Å². The van der Waals surface area contributed by atoms with E-state index in [1.165, 1.54) is 11.8 Å². The molecule has 0 atom stereocenters. The Bertz CT molecular complexity index is 415. The molecule has 0 aliphatic heterocycles. The molecule has 86 valence electrons. The maximum Gasteiger partial charge on any atom is 0.183 e. The fourth-order valence-electron chi connectivity index (χ4n) is 1.37. The number of aliphatic imine (C=N–C) groups is 1. The van der Waals surface area contributed by atoms with E-state index >= 15 is 0 Å². The second kappa shape index (κ2) is 6.18. The van der Waals surface area contributed by atoms with Crippen molar-refractivity contribution in [2.24, 2.45) is 12.0 Å². The van der Waals surface area contributed by atoms with Gasteiger partial charge in [0.25, 0.3) is 0 Å². The molecule has 0 saturated carbocycles. The second-order valence-electron chi connectivity index (χ2n) is 3.19. The van der Waals surface area contributed by atoms with E-state index in [0.29, 0.717) is 11.7 Å². The molecule has 1 rings (SSSR count). The van der Waals surface area contributed by atoms with Gasteiger partial charge in [0.1, 0.15) is 0 Å². The normalized spacial score (nSPS) is 11.2. The standard InChI is InChI=1S/C10H15N5S/c1-4-9-8(6-15(2)14-9)5-12-10(16-3)13-7-11/h6H,4-5H2,1-3H3,(H,12,13). The van der Waals surface area contributed by atoms with Crippen LogP contribution >= 0.6 is 11.8 Å². The Morgan fingerprint density at radius 2 is 2.50 bits per heavy atom. The Morgan fingerprint density at radius 1 is 1.75 bits per heavy atom. The van der Waals surface area contributed by atoms with E-state index in [9.17, 15) is 0 Å². The summed E-state index contributed by atoms with van der Waals surface area (Å²) >= 11 is 1.42. The lowest BCUT2D eigenvalue weighted by molar-refractivity contribution is 0.746. The smallest absolute Gasteiger partial charge is 0.183 e. The number of hydrogen-bond acceptors (Lipinski definition) is 4. The number of nitriles is 1. The number of rotatable bonds is 3. The third-order valence-corrected chi connectivity index (χ3v) is 2.69. The van der Waals surface area contributed by atoms with Crippen LogP contribution in [-0.4, -0.2) is 21.2 Å². The lowest BCUT2D eigenvalue weighted by atomic mass is 10.2. The van der Waals surface area contributed by atoms with Gasteiger partial charge in [0, 0.05) is 18.8 Å². The molecule has 6 heteroatoms. The van der Waals surface area contributed by atoms with Crippen molar-refractivity contribution < 1.29 is 0 Å². The number of nitrogens with zero attached hydrogens (tertiary/aromatic N) is 4. The zero-order valence-electron chi connectivity index (χ0n) is 9.69. The average molecular weight is 237 g/mol. The molecule has 5 nitrogen and oxygen atoms in total. The molecule has 0 fully saturated rings. The Labute approximate surface area is 99.6 Å². The zero-order valence-corrected chi connectivity index (χ0v) is 10.5. The summed E-state index contributed by atoms with van der Waals surface area (Å²) in [4.78, 5) is 4.32. The van der Waals surface area contributed by atoms with Gasteiger partial charge in [-0.15, -0.1) is 0 Å². The topological polar surface area (TPSA) is 66.0 Å². The predicted molar refractivity (Wildman–Crippen MR) is 66.0 cm³/mol. The van der Waals surface area contributed by atoms with Crippen molar-refractivity contribution in [1.29, 1.82) is 5.26 Å². The summed E-state index contributed by atoms with van der Waals surface area (Å²) in [6, 6.07) is 0. The largest absolute Gasteiger partial charge is 0.275 e. The van der Waals surface area contributed by atoms with E-state index in [1.54, 1.807) is 4.68 Å². The molecule has 0 radical (unpaired) electrons. The summed E-state index contributed by atoms with van der Waals surface area (Å²) in [7, 11) is 1.90. The minimum Gasteiger partial charge on any atom is -0.275 e. The third-order valence-electron chi connectivity index (χ3n) is 2.08. The van der Waals surface area contributed by atoms with Crippen LogP contribution < -0.4 is 5.32 Å². The number of thioether (sulfide) groups is 1. The SMILES string of the molecule is CCc1nn(C)cc1CN=C(NC#N)SC. The maximum absolute atomic E-state index is 8.50. The predicted octanol–water partition coefficient (Wildman–Crippen LogP) is 1.27. The van der Waals surface area contributed by atoms with Crippen LogP contribution in [-0.2, 0) is 20.0 Å². The molecule has 0 amide bonds. The van der Waals surface area contributed by atoms with Crippen LogP contribution in [0.15, 0.2) is 11.2 Å². The van der Waals surface area contributed by atoms with Gasteiger partial charge in [0.15, 0.2) is 11.4 Å². The first kappa shape index (κ1) is 12.6. The summed E-state index contributed by atoms with van der Waals surface area (Å²) < 4.78 is 1.79. The molecule has 0 aliphatic rings. The lowest BCUT2D eigenvalue weighted by Crippen LogP contribution is -2.13. The number of amidine groups is 1. The van der Waals surface area contributed by atoms with Crippen LogP contribution in [0.2, 0.25) is 0 Å². The Balaban J connectivity index is 2.76. The summed E-state index contributed by atoms with van der Waals surface area (Å²) in [6.45, 7) is 2.63. The molecule has 0 unspecified atom stereocenters. The highest BCUT2D eigenvalue weighted by molar-refractivity contribution is 8.13. The Morgan fingerprint density at radius 3 is 3.06 bits per heavy atom. The summed E-state index contributed by atoms with van der Waals surface area (Å²) in [6.07, 6.45) is 6.61. The van der Waals surface area contributed by atoms with Crippen LogP contribution in [0.5, 0.6) is 0 Å². The van der Waals surface area contributed by atoms with Crippen molar-refractivity contribution >= 4 is 16.9 Å². The van der Waals surface area contributed by atoms with Crippen LogP contribution in [0.25, 0.3) is 0 Å². The van der Waals surface area contributed by atoms with Gasteiger partial charge in [0.2, 0.25) is 0 Å². The minimum absolute atomic E-state index is 0.557. The molecular formula is C10H15N5S. The highest BCUT2D eigenvalue weighted by atomic mass is 32.2. The fourth-order valence-corrected chi connectivity index (χ4v) is 1.71. The Hall–Kier alpha value is -1.48. The molecule has 0 aliphatic carbocycles. The number of aryl methyl sites for hydroxylation is 2. The summed E-state index contributed by atoms with van der Waals surface area (Å²) in [5.74, 6) is 0. The maximum atomic E-state index is 8.50. The van der Waals surface area contributed by atoms with E-state index in [4.69, 9.17) is 5.26 Å². The Kier molecular flexibility index (Phi) is 4.86. The van der Waals surface area contributed by atoms with Crippen molar-refractivity contribution in [3.05, 3.63) is 17.5 Å². The van der Waals surface area contributed by atoms with Crippen molar-refractivity contribution in [3.8, 4) is 6.19 Å².